The SMILES string of the molecule is CN1CCCCC1COc1ccccc1Cc1cccc2sc(-c3ccc(OCCN4CCCC4)cc3)cc12. The third-order valence-corrected chi connectivity index (χ3v) is 9.52. The summed E-state index contributed by atoms with van der Waals surface area (Å²) < 4.78 is 13.8. The first-order chi connectivity index (χ1) is 19.2. The van der Waals surface area contributed by atoms with Crippen LogP contribution < -0.4 is 9.47 Å². The van der Waals surface area contributed by atoms with Gasteiger partial charge in [0.05, 0.1) is 0 Å². The van der Waals surface area contributed by atoms with Crippen molar-refractivity contribution in [3.63, 3.8) is 0 Å². The number of hydrogen-bond donors (Lipinski definition) is 0. The number of nitrogens with zero attached hydrogens (tertiary/aromatic N) is 2. The van der Waals surface area contributed by atoms with Gasteiger partial charge in [-0.3, -0.25) is 4.90 Å². The number of thiophene rings is 1. The van der Waals surface area contributed by atoms with Crippen molar-refractivity contribution >= 4 is 21.4 Å². The second-order valence-electron chi connectivity index (χ2n) is 11.1. The molecule has 6 rings (SSSR count). The van der Waals surface area contributed by atoms with Gasteiger partial charge in [0, 0.05) is 28.6 Å². The van der Waals surface area contributed by atoms with Crippen molar-refractivity contribution in [1.29, 1.82) is 0 Å². The van der Waals surface area contributed by atoms with Crippen LogP contribution in [0.15, 0.2) is 72.8 Å². The van der Waals surface area contributed by atoms with Gasteiger partial charge in [-0.05, 0) is 117 Å². The predicted octanol–water partition coefficient (Wildman–Crippen LogP) is 7.50. The van der Waals surface area contributed by atoms with Crippen LogP contribution >= 0.6 is 11.3 Å². The quantitative estimate of drug-likeness (QED) is 0.208. The lowest BCUT2D eigenvalue weighted by Crippen LogP contribution is -2.40. The molecular weight excluding hydrogens is 500 g/mol. The van der Waals surface area contributed by atoms with Gasteiger partial charge in [-0.15, -0.1) is 11.3 Å². The first-order valence-electron chi connectivity index (χ1n) is 14.6. The second kappa shape index (κ2) is 12.5. The van der Waals surface area contributed by atoms with Crippen molar-refractivity contribution in [2.24, 2.45) is 0 Å². The van der Waals surface area contributed by atoms with Gasteiger partial charge in [0.2, 0.25) is 0 Å². The van der Waals surface area contributed by atoms with Crippen LogP contribution in [0.2, 0.25) is 0 Å². The van der Waals surface area contributed by atoms with E-state index in [9.17, 15) is 0 Å². The van der Waals surface area contributed by atoms with E-state index in [-0.39, 0.29) is 0 Å². The average molecular weight is 541 g/mol. The summed E-state index contributed by atoms with van der Waals surface area (Å²) in [6, 6.07) is 26.7. The Morgan fingerprint density at radius 2 is 1.62 bits per heavy atom. The molecule has 2 aliphatic heterocycles. The molecule has 2 fully saturated rings. The van der Waals surface area contributed by atoms with Gasteiger partial charge in [0.25, 0.3) is 0 Å². The summed E-state index contributed by atoms with van der Waals surface area (Å²) in [4.78, 5) is 6.24. The molecule has 1 aromatic heterocycles. The molecular formula is C34H40N2O2S. The maximum Gasteiger partial charge on any atom is 0.122 e. The fourth-order valence-corrected chi connectivity index (χ4v) is 7.08. The highest BCUT2D eigenvalue weighted by molar-refractivity contribution is 7.22. The first-order valence-corrected chi connectivity index (χ1v) is 15.4. The summed E-state index contributed by atoms with van der Waals surface area (Å²) >= 11 is 1.86. The van der Waals surface area contributed by atoms with E-state index in [0.717, 1.165) is 37.7 Å². The fourth-order valence-electron chi connectivity index (χ4n) is 5.97. The topological polar surface area (TPSA) is 24.9 Å². The van der Waals surface area contributed by atoms with E-state index in [0.29, 0.717) is 6.04 Å². The molecule has 5 heteroatoms. The summed E-state index contributed by atoms with van der Waals surface area (Å²) in [6.45, 7) is 6.14. The van der Waals surface area contributed by atoms with Crippen molar-refractivity contribution < 1.29 is 9.47 Å². The molecule has 1 unspecified atom stereocenters. The van der Waals surface area contributed by atoms with Crippen LogP contribution in [0.25, 0.3) is 20.5 Å². The molecule has 4 nitrogen and oxygen atoms in total. The van der Waals surface area contributed by atoms with Crippen LogP contribution in [-0.2, 0) is 6.42 Å². The number of ether oxygens (including phenoxy) is 2. The van der Waals surface area contributed by atoms with E-state index in [4.69, 9.17) is 9.47 Å². The van der Waals surface area contributed by atoms with Gasteiger partial charge in [-0.1, -0.05) is 36.8 Å². The van der Waals surface area contributed by atoms with Gasteiger partial charge < -0.3 is 14.4 Å². The highest BCUT2D eigenvalue weighted by Gasteiger charge is 2.20. The van der Waals surface area contributed by atoms with Crippen LogP contribution in [0.3, 0.4) is 0 Å². The normalized spacial score (nSPS) is 18.5. The summed E-state index contributed by atoms with van der Waals surface area (Å²) in [7, 11) is 2.23. The lowest BCUT2D eigenvalue weighted by atomic mass is 10.0. The lowest BCUT2D eigenvalue weighted by molar-refractivity contribution is 0.124. The van der Waals surface area contributed by atoms with Gasteiger partial charge in [0.1, 0.15) is 24.7 Å². The molecule has 0 radical (unpaired) electrons. The fraction of sp³-hybridized carbons (Fsp3) is 0.412. The van der Waals surface area contributed by atoms with E-state index in [1.165, 1.54) is 83.4 Å². The number of para-hydroxylation sites is 1. The van der Waals surface area contributed by atoms with Crippen molar-refractivity contribution in [2.75, 3.05) is 46.4 Å². The first kappa shape index (κ1) is 26.4. The average Bonchev–Trinajstić information content (AvgIpc) is 3.65. The Kier molecular flexibility index (Phi) is 8.48. The van der Waals surface area contributed by atoms with Crippen molar-refractivity contribution in [3.8, 4) is 21.9 Å². The number of fused-ring (bicyclic) bond motifs is 1. The van der Waals surface area contributed by atoms with Crippen molar-refractivity contribution in [3.05, 3.63) is 83.9 Å². The number of piperidine rings is 1. The van der Waals surface area contributed by atoms with E-state index in [2.05, 4.69) is 89.6 Å². The summed E-state index contributed by atoms with van der Waals surface area (Å²) in [5, 5.41) is 1.34. The largest absolute Gasteiger partial charge is 0.492 e. The highest BCUT2D eigenvalue weighted by atomic mass is 32.1. The van der Waals surface area contributed by atoms with Crippen LogP contribution in [0.1, 0.15) is 43.2 Å². The molecule has 4 aromatic rings. The van der Waals surface area contributed by atoms with Gasteiger partial charge >= 0.3 is 0 Å². The summed E-state index contributed by atoms with van der Waals surface area (Å²) in [5.41, 5.74) is 3.85. The Labute approximate surface area is 237 Å². The zero-order valence-corrected chi connectivity index (χ0v) is 23.9. The molecule has 0 N–H and O–H groups in total. The molecule has 0 spiro atoms. The predicted molar refractivity (Wildman–Crippen MR) is 163 cm³/mol. The Bertz CT molecular complexity index is 1360. The van der Waals surface area contributed by atoms with E-state index in [1.54, 1.807) is 0 Å². The minimum Gasteiger partial charge on any atom is -0.492 e. The molecule has 0 amide bonds. The number of likely N-dealkylation sites (N-methyl/N-ethyl adjacent to an activating group) is 1. The summed E-state index contributed by atoms with van der Waals surface area (Å²) in [5.74, 6) is 1.97. The lowest BCUT2D eigenvalue weighted by Gasteiger charge is -2.32. The maximum absolute atomic E-state index is 6.42. The molecule has 1 atom stereocenters. The summed E-state index contributed by atoms with van der Waals surface area (Å²) in [6.07, 6.45) is 7.34. The molecule has 39 heavy (non-hydrogen) atoms. The molecule has 2 aliphatic rings. The zero-order chi connectivity index (χ0) is 26.4. The molecule has 3 heterocycles. The van der Waals surface area contributed by atoms with Crippen LogP contribution in [0.5, 0.6) is 11.5 Å². The molecule has 204 valence electrons. The molecule has 3 aromatic carbocycles. The van der Waals surface area contributed by atoms with Gasteiger partial charge in [-0.2, -0.15) is 0 Å². The Balaban J connectivity index is 1.14. The monoisotopic (exact) mass is 540 g/mol. The van der Waals surface area contributed by atoms with Crippen molar-refractivity contribution in [1.82, 2.24) is 9.80 Å². The van der Waals surface area contributed by atoms with Gasteiger partial charge in [-0.25, -0.2) is 0 Å². The molecule has 0 aliphatic carbocycles. The Morgan fingerprint density at radius 3 is 2.46 bits per heavy atom. The van der Waals surface area contributed by atoms with Crippen molar-refractivity contribution in [2.45, 2.75) is 44.6 Å². The van der Waals surface area contributed by atoms with Crippen LogP contribution in [0, 0.1) is 0 Å². The maximum atomic E-state index is 6.42. The minimum atomic E-state index is 0.511. The van der Waals surface area contributed by atoms with Gasteiger partial charge in [0.15, 0.2) is 0 Å². The third kappa shape index (κ3) is 6.49. The van der Waals surface area contributed by atoms with Crippen LogP contribution in [-0.4, -0.2) is 62.3 Å². The molecule has 2 saturated heterocycles. The number of hydrogen-bond acceptors (Lipinski definition) is 5. The number of benzene rings is 3. The number of likely N-dealkylation sites (tertiary alicyclic amines) is 2. The van der Waals surface area contributed by atoms with Crippen LogP contribution in [0.4, 0.5) is 0 Å². The Morgan fingerprint density at radius 1 is 0.821 bits per heavy atom. The van der Waals surface area contributed by atoms with E-state index < -0.39 is 0 Å². The zero-order valence-electron chi connectivity index (χ0n) is 23.1. The number of rotatable bonds is 10. The standard InChI is InChI=1S/C34H40N2O2S/c1-35-18-5-4-11-29(35)25-38-32-12-3-2-9-28(32)23-27-10-8-13-33-31(27)24-34(39-33)26-14-16-30(17-15-26)37-22-21-36-19-6-7-20-36/h2-3,8-10,12-17,24,29H,4-7,11,18-23,25H2,1H3. The van der Waals surface area contributed by atoms with E-state index >= 15 is 0 Å². The minimum absolute atomic E-state index is 0.511. The molecule has 0 saturated carbocycles. The highest BCUT2D eigenvalue weighted by Crippen LogP contribution is 2.37. The molecule has 0 bridgehead atoms. The Hall–Kier alpha value is -2.86. The van der Waals surface area contributed by atoms with E-state index in [1.807, 2.05) is 11.3 Å². The third-order valence-electron chi connectivity index (χ3n) is 8.37. The smallest absolute Gasteiger partial charge is 0.122 e. The second-order valence-corrected chi connectivity index (χ2v) is 12.2.